The van der Waals surface area contributed by atoms with Crippen LogP contribution in [0.3, 0.4) is 0 Å². The Kier molecular flexibility index (Phi) is 3.92. The van der Waals surface area contributed by atoms with Crippen LogP contribution in [0, 0.1) is 11.8 Å². The fourth-order valence-corrected chi connectivity index (χ4v) is 3.20. The monoisotopic (exact) mass is 220 g/mol. The molecule has 0 heterocycles. The molecule has 1 aliphatic rings. The van der Waals surface area contributed by atoms with Crippen molar-refractivity contribution in [2.45, 2.75) is 32.7 Å². The number of rotatable bonds is 4. The van der Waals surface area contributed by atoms with Crippen molar-refractivity contribution < 1.29 is 8.42 Å². The van der Waals surface area contributed by atoms with Crippen molar-refractivity contribution in [2.24, 2.45) is 17.6 Å². The normalized spacial score (nSPS) is 33.5. The van der Waals surface area contributed by atoms with Gasteiger partial charge in [-0.3, -0.25) is 0 Å². The zero-order valence-electron chi connectivity index (χ0n) is 8.86. The summed E-state index contributed by atoms with van der Waals surface area (Å²) in [5, 5.41) is 0. The van der Waals surface area contributed by atoms with Crippen LogP contribution in [0.15, 0.2) is 0 Å². The summed E-state index contributed by atoms with van der Waals surface area (Å²) in [6.07, 6.45) is 2.06. The number of hydrogen-bond donors (Lipinski definition) is 2. The van der Waals surface area contributed by atoms with Crippen molar-refractivity contribution in [3.05, 3.63) is 0 Å². The lowest BCUT2D eigenvalue weighted by molar-refractivity contribution is 0.402. The van der Waals surface area contributed by atoms with E-state index in [0.717, 1.165) is 12.8 Å². The van der Waals surface area contributed by atoms with Crippen LogP contribution in [0.1, 0.15) is 26.7 Å². The number of nitrogens with one attached hydrogen (secondary N) is 1. The summed E-state index contributed by atoms with van der Waals surface area (Å²) in [5.74, 6) is 1.08. The van der Waals surface area contributed by atoms with Crippen LogP contribution in [0.4, 0.5) is 0 Å². The van der Waals surface area contributed by atoms with Gasteiger partial charge < -0.3 is 5.73 Å². The standard InChI is InChI=1S/C9H20N2O2S/c1-7-3-4-9(8(7)2)11-14(12,13)6-5-10/h7-9,11H,3-6,10H2,1-2H3. The predicted molar refractivity (Wildman–Crippen MR) is 57.3 cm³/mol. The first-order chi connectivity index (χ1) is 6.46. The second-order valence-electron chi connectivity index (χ2n) is 4.25. The van der Waals surface area contributed by atoms with E-state index in [-0.39, 0.29) is 18.3 Å². The van der Waals surface area contributed by atoms with E-state index >= 15 is 0 Å². The molecule has 3 atom stereocenters. The lowest BCUT2D eigenvalue weighted by Crippen LogP contribution is -2.39. The molecule has 0 amide bonds. The largest absolute Gasteiger partial charge is 0.329 e. The van der Waals surface area contributed by atoms with Crippen LogP contribution in [0.5, 0.6) is 0 Å². The Morgan fingerprint density at radius 2 is 2.00 bits per heavy atom. The molecular weight excluding hydrogens is 200 g/mol. The van der Waals surface area contributed by atoms with Crippen molar-refractivity contribution in [1.29, 1.82) is 0 Å². The Morgan fingerprint density at radius 1 is 1.36 bits per heavy atom. The molecule has 14 heavy (non-hydrogen) atoms. The van der Waals surface area contributed by atoms with Crippen LogP contribution in [0.25, 0.3) is 0 Å². The quantitative estimate of drug-likeness (QED) is 0.715. The third-order valence-electron chi connectivity index (χ3n) is 3.18. The zero-order chi connectivity index (χ0) is 10.8. The summed E-state index contributed by atoms with van der Waals surface area (Å²) >= 11 is 0. The molecule has 0 bridgehead atoms. The first-order valence-electron chi connectivity index (χ1n) is 5.16. The molecule has 1 fully saturated rings. The Bertz CT molecular complexity index is 277. The number of hydrogen-bond acceptors (Lipinski definition) is 3. The van der Waals surface area contributed by atoms with E-state index in [1.165, 1.54) is 0 Å². The Hall–Kier alpha value is -0.130. The molecule has 5 heteroatoms. The summed E-state index contributed by atoms with van der Waals surface area (Å²) < 4.78 is 25.6. The molecule has 3 N–H and O–H groups in total. The van der Waals surface area contributed by atoms with Gasteiger partial charge in [0.2, 0.25) is 10.0 Å². The maximum Gasteiger partial charge on any atom is 0.213 e. The highest BCUT2D eigenvalue weighted by atomic mass is 32.2. The third kappa shape index (κ3) is 2.93. The van der Waals surface area contributed by atoms with Crippen molar-refractivity contribution in [3.63, 3.8) is 0 Å². The second-order valence-corrected chi connectivity index (χ2v) is 6.12. The minimum Gasteiger partial charge on any atom is -0.329 e. The zero-order valence-corrected chi connectivity index (χ0v) is 9.68. The maximum atomic E-state index is 11.4. The fourth-order valence-electron chi connectivity index (χ4n) is 1.98. The maximum absolute atomic E-state index is 11.4. The molecule has 84 valence electrons. The molecule has 0 aromatic heterocycles. The molecule has 1 saturated carbocycles. The van der Waals surface area contributed by atoms with E-state index in [2.05, 4.69) is 18.6 Å². The van der Waals surface area contributed by atoms with Gasteiger partial charge in [-0.15, -0.1) is 0 Å². The minimum absolute atomic E-state index is 0.0323. The van der Waals surface area contributed by atoms with E-state index in [0.29, 0.717) is 11.8 Å². The van der Waals surface area contributed by atoms with Gasteiger partial charge in [-0.25, -0.2) is 13.1 Å². The van der Waals surface area contributed by atoms with Crippen molar-refractivity contribution in [3.8, 4) is 0 Å². The summed E-state index contributed by atoms with van der Waals surface area (Å²) in [7, 11) is -3.15. The molecular formula is C9H20N2O2S. The summed E-state index contributed by atoms with van der Waals surface area (Å²) in [4.78, 5) is 0. The highest BCUT2D eigenvalue weighted by molar-refractivity contribution is 7.89. The van der Waals surface area contributed by atoms with Crippen molar-refractivity contribution in [1.82, 2.24) is 4.72 Å². The minimum atomic E-state index is -3.15. The van der Waals surface area contributed by atoms with Crippen LogP contribution in [0.2, 0.25) is 0 Å². The average Bonchev–Trinajstić information content (AvgIpc) is 2.35. The lowest BCUT2D eigenvalue weighted by atomic mass is 9.98. The highest BCUT2D eigenvalue weighted by Crippen LogP contribution is 2.31. The van der Waals surface area contributed by atoms with Crippen molar-refractivity contribution in [2.75, 3.05) is 12.3 Å². The summed E-state index contributed by atoms with van der Waals surface area (Å²) in [6, 6.07) is 0.113. The van der Waals surface area contributed by atoms with Crippen LogP contribution < -0.4 is 10.5 Å². The van der Waals surface area contributed by atoms with E-state index in [1.54, 1.807) is 0 Å². The SMILES string of the molecule is CC1CCC(NS(=O)(=O)CCN)C1C. The molecule has 0 radical (unpaired) electrons. The molecule has 0 aromatic rings. The molecule has 0 saturated heterocycles. The number of sulfonamides is 1. The van der Waals surface area contributed by atoms with Crippen molar-refractivity contribution >= 4 is 10.0 Å². The van der Waals surface area contributed by atoms with Gasteiger partial charge >= 0.3 is 0 Å². The molecule has 3 unspecified atom stereocenters. The van der Waals surface area contributed by atoms with Gasteiger partial charge in [-0.1, -0.05) is 13.8 Å². The summed E-state index contributed by atoms with van der Waals surface area (Å²) in [6.45, 7) is 4.46. The molecule has 0 aliphatic heterocycles. The topological polar surface area (TPSA) is 72.2 Å². The smallest absolute Gasteiger partial charge is 0.213 e. The van der Waals surface area contributed by atoms with Crippen LogP contribution >= 0.6 is 0 Å². The Morgan fingerprint density at radius 3 is 2.43 bits per heavy atom. The van der Waals surface area contributed by atoms with Gasteiger partial charge in [0, 0.05) is 12.6 Å². The average molecular weight is 220 g/mol. The molecule has 4 nitrogen and oxygen atoms in total. The first kappa shape index (κ1) is 11.9. The highest BCUT2D eigenvalue weighted by Gasteiger charge is 2.32. The van der Waals surface area contributed by atoms with Gasteiger partial charge in [-0.05, 0) is 24.7 Å². The van der Waals surface area contributed by atoms with E-state index in [1.807, 2.05) is 0 Å². The molecule has 0 aromatic carbocycles. The van der Waals surface area contributed by atoms with E-state index < -0.39 is 10.0 Å². The number of nitrogens with two attached hydrogens (primary N) is 1. The van der Waals surface area contributed by atoms with E-state index in [9.17, 15) is 8.42 Å². The molecule has 0 spiro atoms. The lowest BCUT2D eigenvalue weighted by Gasteiger charge is -2.19. The molecule has 1 aliphatic carbocycles. The van der Waals surface area contributed by atoms with Crippen LogP contribution in [-0.2, 0) is 10.0 Å². The van der Waals surface area contributed by atoms with E-state index in [4.69, 9.17) is 5.73 Å². The Labute approximate surface area is 86.3 Å². The van der Waals surface area contributed by atoms with Gasteiger partial charge in [0.15, 0.2) is 0 Å². The Balaban J connectivity index is 2.53. The first-order valence-corrected chi connectivity index (χ1v) is 6.81. The van der Waals surface area contributed by atoms with Gasteiger partial charge in [0.05, 0.1) is 5.75 Å². The van der Waals surface area contributed by atoms with Gasteiger partial charge in [0.1, 0.15) is 0 Å². The second kappa shape index (κ2) is 4.59. The van der Waals surface area contributed by atoms with Gasteiger partial charge in [-0.2, -0.15) is 0 Å². The fraction of sp³-hybridized carbons (Fsp3) is 1.00. The predicted octanol–water partition coefficient (Wildman–Crippen LogP) is 0.299. The third-order valence-corrected chi connectivity index (χ3v) is 4.62. The van der Waals surface area contributed by atoms with Gasteiger partial charge in [0.25, 0.3) is 0 Å². The summed E-state index contributed by atoms with van der Waals surface area (Å²) in [5.41, 5.74) is 5.23. The van der Waals surface area contributed by atoms with Crippen LogP contribution in [-0.4, -0.2) is 26.8 Å². The molecule has 1 rings (SSSR count).